The van der Waals surface area contributed by atoms with E-state index in [0.717, 1.165) is 0 Å². The highest BCUT2D eigenvalue weighted by Crippen LogP contribution is 1.88. The number of rotatable bonds is 6. The number of hydrogen-bond acceptors (Lipinski definition) is 4. The van der Waals surface area contributed by atoms with Crippen LogP contribution < -0.4 is 16.8 Å². The fourth-order valence-corrected chi connectivity index (χ4v) is 0.736. The molecule has 0 radical (unpaired) electrons. The van der Waals surface area contributed by atoms with Crippen molar-refractivity contribution in [2.24, 2.45) is 11.5 Å². The van der Waals surface area contributed by atoms with E-state index >= 15 is 0 Å². The number of primary amides is 1. The zero-order valence-corrected chi connectivity index (χ0v) is 7.32. The van der Waals surface area contributed by atoms with E-state index in [-0.39, 0.29) is 12.3 Å². The average molecular weight is 189 g/mol. The van der Waals surface area contributed by atoms with Crippen LogP contribution in [0.5, 0.6) is 0 Å². The van der Waals surface area contributed by atoms with Crippen molar-refractivity contribution in [2.45, 2.75) is 18.9 Å². The third-order valence-corrected chi connectivity index (χ3v) is 1.47. The molecule has 0 aliphatic heterocycles. The van der Waals surface area contributed by atoms with Gasteiger partial charge in [0, 0.05) is 6.42 Å². The van der Waals surface area contributed by atoms with Crippen molar-refractivity contribution < 1.29 is 14.7 Å². The van der Waals surface area contributed by atoms with E-state index in [2.05, 4.69) is 5.32 Å². The second-order valence-electron chi connectivity index (χ2n) is 2.60. The van der Waals surface area contributed by atoms with Crippen molar-refractivity contribution in [3.05, 3.63) is 0 Å². The van der Waals surface area contributed by atoms with Crippen LogP contribution in [-0.2, 0) is 9.59 Å². The normalized spacial score (nSPS) is 12.2. The van der Waals surface area contributed by atoms with E-state index in [1.165, 1.54) is 0 Å². The monoisotopic (exact) mass is 189 g/mol. The molecule has 1 atom stereocenters. The average Bonchev–Trinajstić information content (AvgIpc) is 2.10. The van der Waals surface area contributed by atoms with Crippen molar-refractivity contribution >= 4 is 11.8 Å². The van der Waals surface area contributed by atoms with E-state index < -0.39 is 18.6 Å². The fraction of sp³-hybridized carbons (Fsp3) is 0.714. The van der Waals surface area contributed by atoms with E-state index in [9.17, 15) is 9.59 Å². The maximum atomic E-state index is 11.0. The van der Waals surface area contributed by atoms with Crippen molar-refractivity contribution in [2.75, 3.05) is 13.2 Å². The van der Waals surface area contributed by atoms with Crippen LogP contribution in [0.3, 0.4) is 0 Å². The topological polar surface area (TPSA) is 118 Å². The van der Waals surface area contributed by atoms with Gasteiger partial charge in [0.05, 0.1) is 6.61 Å². The molecule has 6 N–H and O–H groups in total. The number of carbonyl (C=O) groups is 2. The Morgan fingerprint density at radius 3 is 2.46 bits per heavy atom. The summed E-state index contributed by atoms with van der Waals surface area (Å²) in [5.41, 5.74) is 10.1. The van der Waals surface area contributed by atoms with E-state index in [4.69, 9.17) is 16.6 Å². The summed E-state index contributed by atoms with van der Waals surface area (Å²) >= 11 is 0. The summed E-state index contributed by atoms with van der Waals surface area (Å²) in [4.78, 5) is 21.6. The Morgan fingerprint density at radius 1 is 1.46 bits per heavy atom. The zero-order valence-electron chi connectivity index (χ0n) is 7.32. The number of amides is 2. The third kappa shape index (κ3) is 5.15. The molecule has 0 saturated carbocycles. The van der Waals surface area contributed by atoms with Crippen LogP contribution in [0, 0.1) is 0 Å². The minimum atomic E-state index is -0.995. The van der Waals surface area contributed by atoms with Crippen LogP contribution in [-0.4, -0.2) is 36.1 Å². The maximum absolute atomic E-state index is 11.0. The molecule has 0 aromatic heterocycles. The molecule has 0 aliphatic rings. The summed E-state index contributed by atoms with van der Waals surface area (Å²) in [6.07, 6.45) is 0.781. The third-order valence-electron chi connectivity index (χ3n) is 1.47. The number of nitrogens with one attached hydrogen (secondary N) is 1. The van der Waals surface area contributed by atoms with Gasteiger partial charge in [0.25, 0.3) is 0 Å². The molecule has 0 fully saturated rings. The summed E-state index contributed by atoms with van der Waals surface area (Å²) in [5, 5.41) is 10.9. The van der Waals surface area contributed by atoms with Gasteiger partial charge in [-0.3, -0.25) is 9.59 Å². The lowest BCUT2D eigenvalue weighted by atomic mass is 10.2. The van der Waals surface area contributed by atoms with Gasteiger partial charge in [-0.15, -0.1) is 0 Å². The van der Waals surface area contributed by atoms with Crippen LogP contribution in [0.4, 0.5) is 0 Å². The standard InChI is InChI=1S/C7H15N3O3/c8-3-1-2-6(12)10-5(4-11)7(9)13/h5,11H,1-4,8H2,(H2,9,13)(H,10,12). The van der Waals surface area contributed by atoms with Crippen LogP contribution >= 0.6 is 0 Å². The molecule has 6 heteroatoms. The molecule has 0 saturated heterocycles. The highest BCUT2D eigenvalue weighted by Gasteiger charge is 2.15. The van der Waals surface area contributed by atoms with Gasteiger partial charge in [0.15, 0.2) is 0 Å². The Balaban J connectivity index is 3.80. The molecule has 6 nitrogen and oxygen atoms in total. The quantitative estimate of drug-likeness (QED) is 0.375. The Labute approximate surface area is 76.3 Å². The first-order valence-corrected chi connectivity index (χ1v) is 4.01. The number of aliphatic hydroxyl groups is 1. The number of aliphatic hydroxyl groups excluding tert-OH is 1. The molecular weight excluding hydrogens is 174 g/mol. The van der Waals surface area contributed by atoms with Gasteiger partial charge in [-0.2, -0.15) is 0 Å². The summed E-state index contributed by atoms with van der Waals surface area (Å²) in [6.45, 7) is -0.0719. The van der Waals surface area contributed by atoms with Crippen molar-refractivity contribution in [3.8, 4) is 0 Å². The molecule has 13 heavy (non-hydrogen) atoms. The lowest BCUT2D eigenvalue weighted by Gasteiger charge is -2.11. The second kappa shape index (κ2) is 6.38. The van der Waals surface area contributed by atoms with Crippen LogP contribution in [0.25, 0.3) is 0 Å². The van der Waals surface area contributed by atoms with Gasteiger partial charge >= 0.3 is 0 Å². The van der Waals surface area contributed by atoms with Crippen molar-refractivity contribution in [1.29, 1.82) is 0 Å². The maximum Gasteiger partial charge on any atom is 0.242 e. The lowest BCUT2D eigenvalue weighted by molar-refractivity contribution is -0.128. The minimum Gasteiger partial charge on any atom is -0.394 e. The number of carbonyl (C=O) groups excluding carboxylic acids is 2. The first-order chi connectivity index (χ1) is 6.11. The van der Waals surface area contributed by atoms with Crippen LogP contribution in [0.2, 0.25) is 0 Å². The van der Waals surface area contributed by atoms with Crippen molar-refractivity contribution in [3.63, 3.8) is 0 Å². The highest BCUT2D eigenvalue weighted by molar-refractivity contribution is 5.86. The summed E-state index contributed by atoms with van der Waals surface area (Å²) in [5.74, 6) is -1.08. The second-order valence-corrected chi connectivity index (χ2v) is 2.60. The summed E-state index contributed by atoms with van der Waals surface area (Å²) < 4.78 is 0. The van der Waals surface area contributed by atoms with Gasteiger partial charge < -0.3 is 21.9 Å². The Kier molecular flexibility index (Phi) is 5.82. The van der Waals surface area contributed by atoms with Gasteiger partial charge in [-0.05, 0) is 13.0 Å². The Hall–Kier alpha value is -1.14. The molecule has 0 spiro atoms. The van der Waals surface area contributed by atoms with Gasteiger partial charge in [-0.25, -0.2) is 0 Å². The molecular formula is C7H15N3O3. The summed E-state index contributed by atoms with van der Waals surface area (Å²) in [6, 6.07) is -0.995. The molecule has 0 aliphatic carbocycles. The summed E-state index contributed by atoms with van der Waals surface area (Å²) in [7, 11) is 0. The molecule has 2 amide bonds. The Bertz CT molecular complexity index is 184. The van der Waals surface area contributed by atoms with E-state index in [1.807, 2.05) is 0 Å². The van der Waals surface area contributed by atoms with Gasteiger partial charge in [0.1, 0.15) is 6.04 Å². The first kappa shape index (κ1) is 11.9. The Morgan fingerprint density at radius 2 is 2.08 bits per heavy atom. The largest absolute Gasteiger partial charge is 0.394 e. The number of nitrogens with two attached hydrogens (primary N) is 2. The molecule has 76 valence electrons. The van der Waals surface area contributed by atoms with Gasteiger partial charge in [-0.1, -0.05) is 0 Å². The predicted molar refractivity (Wildman–Crippen MR) is 46.5 cm³/mol. The molecule has 0 heterocycles. The van der Waals surface area contributed by atoms with Crippen molar-refractivity contribution in [1.82, 2.24) is 5.32 Å². The smallest absolute Gasteiger partial charge is 0.242 e. The zero-order chi connectivity index (χ0) is 10.3. The number of hydrogen-bond donors (Lipinski definition) is 4. The molecule has 0 aromatic rings. The minimum absolute atomic E-state index is 0.236. The molecule has 0 bridgehead atoms. The lowest BCUT2D eigenvalue weighted by Crippen LogP contribution is -2.46. The fourth-order valence-electron chi connectivity index (χ4n) is 0.736. The van der Waals surface area contributed by atoms with E-state index in [0.29, 0.717) is 13.0 Å². The molecule has 1 unspecified atom stereocenters. The molecule has 0 rings (SSSR count). The van der Waals surface area contributed by atoms with Crippen LogP contribution in [0.15, 0.2) is 0 Å². The SMILES string of the molecule is NCCCC(=O)NC(CO)C(N)=O. The molecule has 0 aromatic carbocycles. The van der Waals surface area contributed by atoms with Gasteiger partial charge in [0.2, 0.25) is 11.8 Å². The first-order valence-electron chi connectivity index (χ1n) is 4.01. The highest BCUT2D eigenvalue weighted by atomic mass is 16.3. The van der Waals surface area contributed by atoms with Crippen LogP contribution in [0.1, 0.15) is 12.8 Å². The predicted octanol–water partition coefficient (Wildman–Crippen LogP) is -2.31. The van der Waals surface area contributed by atoms with E-state index in [1.54, 1.807) is 0 Å².